The van der Waals surface area contributed by atoms with Crippen LogP contribution in [0.1, 0.15) is 23.7 Å². The number of carbonyl (C=O) groups excluding carboxylic acids is 2. The van der Waals surface area contributed by atoms with Gasteiger partial charge in [0.25, 0.3) is 5.91 Å². The normalized spacial score (nSPS) is 23.6. The van der Waals surface area contributed by atoms with Crippen LogP contribution in [0, 0.1) is 11.3 Å². The maximum Gasteiger partial charge on any atom is 0.252 e. The highest BCUT2D eigenvalue weighted by atomic mass is 32.2. The van der Waals surface area contributed by atoms with Crippen molar-refractivity contribution in [1.82, 2.24) is 15.2 Å². The Labute approximate surface area is 178 Å². The molecule has 30 heavy (non-hydrogen) atoms. The van der Waals surface area contributed by atoms with Gasteiger partial charge in [-0.2, -0.15) is 5.26 Å². The van der Waals surface area contributed by atoms with E-state index in [1.165, 1.54) is 16.7 Å². The topological polar surface area (TPSA) is 89.3 Å². The average Bonchev–Trinajstić information content (AvgIpc) is 3.36. The zero-order chi connectivity index (χ0) is 21.3. The molecule has 2 aromatic rings. The Morgan fingerprint density at radius 3 is 3.00 bits per heavy atom. The first-order valence-electron chi connectivity index (χ1n) is 9.76. The molecular weight excluding hydrogens is 405 g/mol. The fraction of sp³-hybridized carbons (Fsp3) is 0.429. The summed E-state index contributed by atoms with van der Waals surface area (Å²) in [5, 5.41) is 12.4. The van der Waals surface area contributed by atoms with Gasteiger partial charge >= 0.3 is 0 Å². The van der Waals surface area contributed by atoms with Crippen LogP contribution in [-0.2, 0) is 4.79 Å². The molecule has 4 rings (SSSR count). The molecule has 1 N–H and O–H groups in total. The molecule has 0 aliphatic carbocycles. The maximum absolute atomic E-state index is 14.2. The third kappa shape index (κ3) is 4.05. The number of hydrogen-bond donors (Lipinski definition) is 1. The van der Waals surface area contributed by atoms with Crippen molar-refractivity contribution in [1.29, 1.82) is 5.26 Å². The number of halogens is 1. The number of amides is 2. The first-order valence-corrected chi connectivity index (χ1v) is 10.9. The second kappa shape index (κ2) is 8.11. The van der Waals surface area contributed by atoms with Crippen molar-refractivity contribution >= 4 is 40.2 Å². The Bertz CT molecular complexity index is 1040. The summed E-state index contributed by atoms with van der Waals surface area (Å²) in [6.45, 7) is 2.35. The minimum atomic E-state index is -1.22. The van der Waals surface area contributed by atoms with Gasteiger partial charge in [-0.25, -0.2) is 4.39 Å². The summed E-state index contributed by atoms with van der Waals surface area (Å²) in [4.78, 5) is 33.0. The van der Waals surface area contributed by atoms with Crippen molar-refractivity contribution in [2.75, 3.05) is 36.2 Å². The predicted molar refractivity (Wildman–Crippen MR) is 114 cm³/mol. The summed E-state index contributed by atoms with van der Waals surface area (Å²) in [5.74, 6) is 0.378. The molecule has 2 atom stereocenters. The molecule has 0 saturated carbocycles. The van der Waals surface area contributed by atoms with Crippen LogP contribution in [-0.4, -0.2) is 64.7 Å². The van der Waals surface area contributed by atoms with E-state index in [-0.39, 0.29) is 18.4 Å². The van der Waals surface area contributed by atoms with Crippen LogP contribution in [0.5, 0.6) is 0 Å². The van der Waals surface area contributed by atoms with Crippen molar-refractivity contribution in [2.24, 2.45) is 0 Å². The third-order valence-corrected chi connectivity index (χ3v) is 6.52. The Morgan fingerprint density at radius 2 is 2.27 bits per heavy atom. The fourth-order valence-electron chi connectivity index (χ4n) is 3.82. The van der Waals surface area contributed by atoms with Gasteiger partial charge in [0.15, 0.2) is 0 Å². The molecule has 2 aliphatic heterocycles. The summed E-state index contributed by atoms with van der Waals surface area (Å²) >= 11 is 1.52. The highest BCUT2D eigenvalue weighted by molar-refractivity contribution is 7.99. The van der Waals surface area contributed by atoms with Gasteiger partial charge in [0, 0.05) is 36.0 Å². The maximum atomic E-state index is 14.2. The van der Waals surface area contributed by atoms with Gasteiger partial charge in [-0.15, -0.1) is 11.8 Å². The fourth-order valence-corrected chi connectivity index (χ4v) is 4.93. The second-order valence-corrected chi connectivity index (χ2v) is 8.84. The smallest absolute Gasteiger partial charge is 0.252 e. The molecule has 2 amide bonds. The summed E-state index contributed by atoms with van der Waals surface area (Å²) < 4.78 is 14.2. The number of nitrogens with zero attached hydrogens (tertiary/aromatic N) is 4. The van der Waals surface area contributed by atoms with E-state index in [0.29, 0.717) is 47.6 Å². The number of pyridine rings is 1. The van der Waals surface area contributed by atoms with E-state index in [1.807, 2.05) is 23.1 Å². The van der Waals surface area contributed by atoms with E-state index in [0.717, 1.165) is 5.69 Å². The Hall–Kier alpha value is -2.86. The summed E-state index contributed by atoms with van der Waals surface area (Å²) in [6, 6.07) is 8.82. The van der Waals surface area contributed by atoms with Gasteiger partial charge in [0.2, 0.25) is 5.91 Å². The quantitative estimate of drug-likeness (QED) is 0.806. The van der Waals surface area contributed by atoms with Gasteiger partial charge in [-0.05, 0) is 31.2 Å². The van der Waals surface area contributed by atoms with E-state index in [1.54, 1.807) is 19.2 Å². The minimum absolute atomic E-state index is 0.173. The highest BCUT2D eigenvalue weighted by Gasteiger charge is 2.34. The molecule has 0 radical (unpaired) electrons. The molecule has 9 heteroatoms. The SMILES string of the molecule is CC1(F)CCN(c2ccc3nccc(C(=O)NCC(=O)N4CSC[C@H]4C#N)c3c2)C1. The van der Waals surface area contributed by atoms with Crippen molar-refractivity contribution in [3.05, 3.63) is 36.0 Å². The lowest BCUT2D eigenvalue weighted by atomic mass is 10.1. The van der Waals surface area contributed by atoms with Crippen molar-refractivity contribution in [2.45, 2.75) is 25.1 Å². The van der Waals surface area contributed by atoms with E-state index in [9.17, 15) is 14.0 Å². The zero-order valence-corrected chi connectivity index (χ0v) is 17.4. The lowest BCUT2D eigenvalue weighted by Crippen LogP contribution is -2.42. The molecule has 7 nitrogen and oxygen atoms in total. The highest BCUT2D eigenvalue weighted by Crippen LogP contribution is 2.31. The van der Waals surface area contributed by atoms with Crippen molar-refractivity contribution in [3.8, 4) is 6.07 Å². The number of nitrogens with one attached hydrogen (secondary N) is 1. The van der Waals surface area contributed by atoms with Gasteiger partial charge in [0.1, 0.15) is 11.7 Å². The van der Waals surface area contributed by atoms with Crippen LogP contribution in [0.2, 0.25) is 0 Å². The Morgan fingerprint density at radius 1 is 1.43 bits per heavy atom. The third-order valence-electron chi connectivity index (χ3n) is 5.51. The van der Waals surface area contributed by atoms with E-state index >= 15 is 0 Å². The number of benzene rings is 1. The average molecular weight is 428 g/mol. The van der Waals surface area contributed by atoms with Gasteiger partial charge < -0.3 is 15.1 Å². The van der Waals surface area contributed by atoms with E-state index in [2.05, 4.69) is 16.4 Å². The van der Waals surface area contributed by atoms with E-state index in [4.69, 9.17) is 5.26 Å². The lowest BCUT2D eigenvalue weighted by Gasteiger charge is -2.20. The number of thioether (sulfide) groups is 1. The molecule has 2 aliphatic rings. The van der Waals surface area contributed by atoms with Crippen LogP contribution in [0.3, 0.4) is 0 Å². The molecule has 0 spiro atoms. The molecule has 156 valence electrons. The number of fused-ring (bicyclic) bond motifs is 1. The molecule has 1 unspecified atom stereocenters. The van der Waals surface area contributed by atoms with Crippen LogP contribution in [0.4, 0.5) is 10.1 Å². The summed E-state index contributed by atoms with van der Waals surface area (Å²) in [7, 11) is 0. The minimum Gasteiger partial charge on any atom is -0.368 e. The second-order valence-electron chi connectivity index (χ2n) is 7.84. The number of aromatic nitrogens is 1. The van der Waals surface area contributed by atoms with Crippen LogP contribution < -0.4 is 10.2 Å². The Kier molecular flexibility index (Phi) is 5.52. The molecule has 3 heterocycles. The number of hydrogen-bond acceptors (Lipinski definition) is 6. The predicted octanol–water partition coefficient (Wildman–Crippen LogP) is 2.33. The molecule has 1 aromatic carbocycles. The lowest BCUT2D eigenvalue weighted by molar-refractivity contribution is -0.129. The zero-order valence-electron chi connectivity index (χ0n) is 16.6. The first kappa shape index (κ1) is 20.4. The van der Waals surface area contributed by atoms with Crippen LogP contribution in [0.15, 0.2) is 30.5 Å². The van der Waals surface area contributed by atoms with Crippen LogP contribution in [0.25, 0.3) is 10.9 Å². The number of nitriles is 1. The van der Waals surface area contributed by atoms with Crippen LogP contribution >= 0.6 is 11.8 Å². The number of alkyl halides is 1. The van der Waals surface area contributed by atoms with E-state index < -0.39 is 11.7 Å². The molecular formula is C21H22FN5O2S. The van der Waals surface area contributed by atoms with Gasteiger partial charge in [-0.3, -0.25) is 14.6 Å². The number of carbonyl (C=O) groups is 2. The summed E-state index contributed by atoms with van der Waals surface area (Å²) in [6.07, 6.45) is 2.02. The van der Waals surface area contributed by atoms with Crippen molar-refractivity contribution in [3.63, 3.8) is 0 Å². The summed E-state index contributed by atoms with van der Waals surface area (Å²) in [5.41, 5.74) is 0.678. The van der Waals surface area contributed by atoms with Crippen molar-refractivity contribution < 1.29 is 14.0 Å². The molecule has 0 bridgehead atoms. The monoisotopic (exact) mass is 427 g/mol. The molecule has 2 fully saturated rings. The standard InChI is InChI=1S/C21H22FN5O2S/c1-21(22)5-7-26(12-21)14-2-3-18-17(8-14)16(4-6-24-18)20(29)25-10-19(28)27-13-30-11-15(27)9-23/h2-4,6,8,15H,5,7,10-13H2,1H3,(H,25,29)/t15-,21?/m1/s1. The van der Waals surface area contributed by atoms with Gasteiger partial charge in [-0.1, -0.05) is 0 Å². The molecule has 2 saturated heterocycles. The number of anilines is 1. The van der Waals surface area contributed by atoms with Gasteiger partial charge in [0.05, 0.1) is 36.1 Å². The first-order chi connectivity index (χ1) is 14.4. The molecule has 1 aromatic heterocycles. The number of rotatable bonds is 4. The Balaban J connectivity index is 1.51. The largest absolute Gasteiger partial charge is 0.368 e.